The molecule has 0 aromatic carbocycles. The third-order valence-electron chi connectivity index (χ3n) is 2.28. The number of aryl methyl sites for hydroxylation is 1. The van der Waals surface area contributed by atoms with Crippen molar-refractivity contribution in [2.75, 3.05) is 20.8 Å². The Morgan fingerprint density at radius 2 is 2.43 bits per heavy atom. The van der Waals surface area contributed by atoms with Gasteiger partial charge in [-0.2, -0.15) is 5.10 Å². The number of ether oxygens (including phenoxy) is 1. The van der Waals surface area contributed by atoms with E-state index in [1.807, 2.05) is 31.0 Å². The fraction of sp³-hybridized carbons (Fsp3) is 0.700. The summed E-state index contributed by atoms with van der Waals surface area (Å²) in [5.41, 5.74) is 1.10. The Bertz CT molecular complexity index is 260. The van der Waals surface area contributed by atoms with E-state index in [1.54, 1.807) is 7.11 Å². The molecule has 0 bridgehead atoms. The summed E-state index contributed by atoms with van der Waals surface area (Å²) in [6.45, 7) is 0.811. The van der Waals surface area contributed by atoms with Crippen LogP contribution >= 0.6 is 0 Å². The second-order valence-electron chi connectivity index (χ2n) is 3.39. The van der Waals surface area contributed by atoms with Crippen LogP contribution in [-0.4, -0.2) is 30.5 Å². The number of nitrogens with zero attached hydrogens (tertiary/aromatic N) is 2. The molecule has 14 heavy (non-hydrogen) atoms. The summed E-state index contributed by atoms with van der Waals surface area (Å²) in [6.07, 6.45) is 4.08. The van der Waals surface area contributed by atoms with Crippen molar-refractivity contribution in [2.24, 2.45) is 7.05 Å². The lowest BCUT2D eigenvalue weighted by Gasteiger charge is -2.12. The highest BCUT2D eigenvalue weighted by molar-refractivity contribution is 5.04. The van der Waals surface area contributed by atoms with Crippen molar-refractivity contribution < 1.29 is 4.74 Å². The minimum atomic E-state index is 0.339. The average Bonchev–Trinajstić information content (AvgIpc) is 2.60. The van der Waals surface area contributed by atoms with E-state index < -0.39 is 0 Å². The molecule has 0 saturated carbocycles. The highest BCUT2D eigenvalue weighted by Crippen LogP contribution is 2.15. The summed E-state index contributed by atoms with van der Waals surface area (Å²) in [6, 6.07) is 2.39. The smallest absolute Gasteiger partial charge is 0.0793 e. The molecule has 4 heteroatoms. The van der Waals surface area contributed by atoms with Gasteiger partial charge in [-0.15, -0.1) is 0 Å². The van der Waals surface area contributed by atoms with E-state index in [1.165, 1.54) is 0 Å². The Hall–Kier alpha value is -0.870. The van der Waals surface area contributed by atoms with Crippen LogP contribution in [0.2, 0.25) is 0 Å². The zero-order valence-corrected chi connectivity index (χ0v) is 9.16. The number of nitrogens with one attached hydrogen (secondary N) is 1. The van der Waals surface area contributed by atoms with Crippen LogP contribution in [0.5, 0.6) is 0 Å². The van der Waals surface area contributed by atoms with E-state index in [-0.39, 0.29) is 0 Å². The fourth-order valence-electron chi connectivity index (χ4n) is 1.49. The van der Waals surface area contributed by atoms with E-state index in [0.717, 1.165) is 25.1 Å². The van der Waals surface area contributed by atoms with Crippen molar-refractivity contribution in [1.82, 2.24) is 15.1 Å². The standard InChI is InChI=1S/C10H19N3O/c1-11-9(5-4-8-14-3)10-6-7-13(2)12-10/h6-7,9,11H,4-5,8H2,1-3H3. The largest absolute Gasteiger partial charge is 0.385 e. The molecular weight excluding hydrogens is 178 g/mol. The molecule has 1 unspecified atom stereocenters. The summed E-state index contributed by atoms with van der Waals surface area (Å²) in [5, 5.41) is 7.63. The molecule has 1 N–H and O–H groups in total. The van der Waals surface area contributed by atoms with Gasteiger partial charge in [-0.1, -0.05) is 0 Å². The van der Waals surface area contributed by atoms with E-state index in [0.29, 0.717) is 6.04 Å². The Kier molecular flexibility index (Phi) is 4.62. The lowest BCUT2D eigenvalue weighted by molar-refractivity contribution is 0.189. The maximum atomic E-state index is 5.02. The molecule has 1 heterocycles. The minimum absolute atomic E-state index is 0.339. The second kappa shape index (κ2) is 5.78. The minimum Gasteiger partial charge on any atom is -0.385 e. The van der Waals surface area contributed by atoms with Crippen molar-refractivity contribution in [3.05, 3.63) is 18.0 Å². The monoisotopic (exact) mass is 197 g/mol. The first-order valence-electron chi connectivity index (χ1n) is 4.93. The molecule has 0 saturated heterocycles. The second-order valence-corrected chi connectivity index (χ2v) is 3.39. The van der Waals surface area contributed by atoms with Crippen LogP contribution < -0.4 is 5.32 Å². The van der Waals surface area contributed by atoms with Gasteiger partial charge in [-0.3, -0.25) is 4.68 Å². The van der Waals surface area contributed by atoms with Crippen LogP contribution in [0.3, 0.4) is 0 Å². The number of rotatable bonds is 6. The Balaban J connectivity index is 2.45. The number of aromatic nitrogens is 2. The molecule has 0 aliphatic heterocycles. The Morgan fingerprint density at radius 1 is 1.64 bits per heavy atom. The van der Waals surface area contributed by atoms with E-state index >= 15 is 0 Å². The molecule has 1 aromatic rings. The van der Waals surface area contributed by atoms with Crippen LogP contribution in [-0.2, 0) is 11.8 Å². The predicted octanol–water partition coefficient (Wildman–Crippen LogP) is 1.11. The molecule has 0 fully saturated rings. The SMILES string of the molecule is CNC(CCCOC)c1ccn(C)n1. The third kappa shape index (κ3) is 3.12. The Labute approximate surface area is 85.3 Å². The first kappa shape index (κ1) is 11.2. The van der Waals surface area contributed by atoms with Gasteiger partial charge in [0, 0.05) is 27.0 Å². The van der Waals surface area contributed by atoms with Gasteiger partial charge in [0.25, 0.3) is 0 Å². The summed E-state index contributed by atoms with van der Waals surface area (Å²) in [7, 11) is 5.63. The molecule has 0 aliphatic carbocycles. The van der Waals surface area contributed by atoms with Gasteiger partial charge in [0.2, 0.25) is 0 Å². The fourth-order valence-corrected chi connectivity index (χ4v) is 1.49. The van der Waals surface area contributed by atoms with Crippen LogP contribution in [0.15, 0.2) is 12.3 Å². The molecule has 0 spiro atoms. The van der Waals surface area contributed by atoms with Crippen LogP contribution in [0.25, 0.3) is 0 Å². The van der Waals surface area contributed by atoms with Gasteiger partial charge in [0.15, 0.2) is 0 Å². The zero-order valence-electron chi connectivity index (χ0n) is 9.16. The van der Waals surface area contributed by atoms with Crippen molar-refractivity contribution in [3.63, 3.8) is 0 Å². The van der Waals surface area contributed by atoms with Crippen LogP contribution in [0.1, 0.15) is 24.6 Å². The molecule has 0 radical (unpaired) electrons. The normalized spacial score (nSPS) is 13.1. The highest BCUT2D eigenvalue weighted by Gasteiger charge is 2.10. The van der Waals surface area contributed by atoms with Gasteiger partial charge in [0.05, 0.1) is 11.7 Å². The predicted molar refractivity (Wildman–Crippen MR) is 56.1 cm³/mol. The quantitative estimate of drug-likeness (QED) is 0.694. The topological polar surface area (TPSA) is 39.1 Å². The number of hydrogen-bond donors (Lipinski definition) is 1. The number of hydrogen-bond acceptors (Lipinski definition) is 3. The molecular formula is C10H19N3O. The average molecular weight is 197 g/mol. The molecule has 1 atom stereocenters. The summed E-state index contributed by atoms with van der Waals surface area (Å²) in [4.78, 5) is 0. The summed E-state index contributed by atoms with van der Waals surface area (Å²) in [5.74, 6) is 0. The summed E-state index contributed by atoms with van der Waals surface area (Å²) >= 11 is 0. The third-order valence-corrected chi connectivity index (χ3v) is 2.28. The first-order chi connectivity index (χ1) is 6.77. The molecule has 0 amide bonds. The first-order valence-corrected chi connectivity index (χ1v) is 4.93. The Morgan fingerprint density at radius 3 is 2.93 bits per heavy atom. The highest BCUT2D eigenvalue weighted by atomic mass is 16.5. The zero-order chi connectivity index (χ0) is 10.4. The maximum Gasteiger partial charge on any atom is 0.0793 e. The van der Waals surface area contributed by atoms with Gasteiger partial charge in [-0.05, 0) is 26.0 Å². The maximum absolute atomic E-state index is 5.02. The van der Waals surface area contributed by atoms with Crippen molar-refractivity contribution in [3.8, 4) is 0 Å². The lowest BCUT2D eigenvalue weighted by atomic mass is 10.1. The molecule has 4 nitrogen and oxygen atoms in total. The van der Waals surface area contributed by atoms with Crippen LogP contribution in [0, 0.1) is 0 Å². The molecule has 0 aliphatic rings. The van der Waals surface area contributed by atoms with E-state index in [4.69, 9.17) is 4.74 Å². The van der Waals surface area contributed by atoms with Gasteiger partial charge < -0.3 is 10.1 Å². The van der Waals surface area contributed by atoms with Gasteiger partial charge in [-0.25, -0.2) is 0 Å². The number of methoxy groups -OCH3 is 1. The summed E-state index contributed by atoms with van der Waals surface area (Å²) < 4.78 is 6.85. The van der Waals surface area contributed by atoms with Crippen molar-refractivity contribution >= 4 is 0 Å². The van der Waals surface area contributed by atoms with Gasteiger partial charge in [0.1, 0.15) is 0 Å². The van der Waals surface area contributed by atoms with Gasteiger partial charge >= 0.3 is 0 Å². The molecule has 80 valence electrons. The van der Waals surface area contributed by atoms with E-state index in [9.17, 15) is 0 Å². The molecule has 1 aromatic heterocycles. The van der Waals surface area contributed by atoms with Crippen molar-refractivity contribution in [2.45, 2.75) is 18.9 Å². The van der Waals surface area contributed by atoms with Crippen molar-refractivity contribution in [1.29, 1.82) is 0 Å². The van der Waals surface area contributed by atoms with Crippen LogP contribution in [0.4, 0.5) is 0 Å². The van der Waals surface area contributed by atoms with E-state index in [2.05, 4.69) is 10.4 Å². The lowest BCUT2D eigenvalue weighted by Crippen LogP contribution is -2.17. The molecule has 1 rings (SSSR count).